The van der Waals surface area contributed by atoms with Crippen molar-refractivity contribution in [2.75, 3.05) is 11.1 Å². The average molecular weight is 474 g/mol. The van der Waals surface area contributed by atoms with E-state index in [1.807, 2.05) is 0 Å². The van der Waals surface area contributed by atoms with Crippen LogP contribution in [0.4, 0.5) is 10.1 Å². The number of pyridine rings is 2. The SMILES string of the molecule is NC1=NC(c2cc(NC(=O)c3ccc(Cl)cn3)ccc2F)CS(=O)(=O)C1c1ccccn1. The molecular formula is C21H17ClFN5O3S. The number of sulfone groups is 1. The molecule has 3 aromatic rings. The second-order valence-electron chi connectivity index (χ2n) is 7.09. The van der Waals surface area contributed by atoms with Crippen molar-refractivity contribution < 1.29 is 17.6 Å². The fraction of sp³-hybridized carbons (Fsp3) is 0.143. The maximum Gasteiger partial charge on any atom is 0.274 e. The highest BCUT2D eigenvalue weighted by Crippen LogP contribution is 2.35. The van der Waals surface area contributed by atoms with E-state index < -0.39 is 38.6 Å². The minimum atomic E-state index is -3.82. The molecule has 164 valence electrons. The fourth-order valence-electron chi connectivity index (χ4n) is 3.39. The highest BCUT2D eigenvalue weighted by Gasteiger charge is 2.39. The largest absolute Gasteiger partial charge is 0.386 e. The molecule has 0 bridgehead atoms. The molecule has 1 aliphatic heterocycles. The molecule has 8 nitrogen and oxygen atoms in total. The van der Waals surface area contributed by atoms with E-state index in [2.05, 4.69) is 20.3 Å². The van der Waals surface area contributed by atoms with Gasteiger partial charge in [0.15, 0.2) is 15.1 Å². The molecule has 0 saturated carbocycles. The second kappa shape index (κ2) is 8.64. The topological polar surface area (TPSA) is 127 Å². The lowest BCUT2D eigenvalue weighted by molar-refractivity contribution is 0.102. The van der Waals surface area contributed by atoms with Crippen LogP contribution in [0.1, 0.15) is 33.0 Å². The lowest BCUT2D eigenvalue weighted by Gasteiger charge is -2.26. The highest BCUT2D eigenvalue weighted by atomic mass is 35.5. The van der Waals surface area contributed by atoms with Crippen LogP contribution < -0.4 is 11.1 Å². The number of amides is 1. The van der Waals surface area contributed by atoms with Gasteiger partial charge < -0.3 is 11.1 Å². The molecular weight excluding hydrogens is 457 g/mol. The Morgan fingerprint density at radius 1 is 1.16 bits per heavy atom. The summed E-state index contributed by atoms with van der Waals surface area (Å²) >= 11 is 5.77. The summed E-state index contributed by atoms with van der Waals surface area (Å²) in [5, 5.41) is 1.79. The molecule has 0 radical (unpaired) electrons. The Morgan fingerprint density at radius 3 is 2.62 bits per heavy atom. The maximum atomic E-state index is 14.6. The minimum absolute atomic E-state index is 0.00198. The summed E-state index contributed by atoms with van der Waals surface area (Å²) in [5.74, 6) is -1.82. The summed E-state index contributed by atoms with van der Waals surface area (Å²) in [7, 11) is -3.82. The molecule has 4 rings (SSSR count). The molecule has 3 heterocycles. The zero-order valence-electron chi connectivity index (χ0n) is 16.4. The molecule has 1 amide bonds. The van der Waals surface area contributed by atoms with E-state index in [0.717, 1.165) is 6.07 Å². The Bertz CT molecular complexity index is 1300. The zero-order valence-corrected chi connectivity index (χ0v) is 18.0. The lowest BCUT2D eigenvalue weighted by Crippen LogP contribution is -2.37. The average Bonchev–Trinajstić information content (AvgIpc) is 2.75. The number of aromatic nitrogens is 2. The first kappa shape index (κ1) is 21.8. The van der Waals surface area contributed by atoms with Gasteiger partial charge in [-0.15, -0.1) is 0 Å². The normalized spacial score (nSPS) is 19.8. The van der Waals surface area contributed by atoms with E-state index in [0.29, 0.717) is 5.02 Å². The third kappa shape index (κ3) is 4.46. The van der Waals surface area contributed by atoms with Crippen molar-refractivity contribution in [2.24, 2.45) is 10.7 Å². The molecule has 2 unspecified atom stereocenters. The van der Waals surface area contributed by atoms with Gasteiger partial charge in [0.2, 0.25) is 0 Å². The number of amidine groups is 1. The molecule has 32 heavy (non-hydrogen) atoms. The Labute approximate surface area is 188 Å². The van der Waals surface area contributed by atoms with E-state index in [1.165, 1.54) is 36.7 Å². The molecule has 0 spiro atoms. The van der Waals surface area contributed by atoms with Crippen molar-refractivity contribution in [3.05, 3.63) is 88.7 Å². The Hall–Kier alpha value is -3.37. The first-order chi connectivity index (χ1) is 15.2. The van der Waals surface area contributed by atoms with E-state index in [1.54, 1.807) is 18.2 Å². The smallest absolute Gasteiger partial charge is 0.274 e. The summed E-state index contributed by atoms with van der Waals surface area (Å²) in [6.45, 7) is 0. The Kier molecular flexibility index (Phi) is 5.90. The summed E-state index contributed by atoms with van der Waals surface area (Å²) in [6.07, 6.45) is 2.79. The van der Waals surface area contributed by atoms with Crippen molar-refractivity contribution in [3.63, 3.8) is 0 Å². The highest BCUT2D eigenvalue weighted by molar-refractivity contribution is 7.92. The van der Waals surface area contributed by atoms with E-state index in [-0.39, 0.29) is 28.5 Å². The number of rotatable bonds is 4. The molecule has 0 saturated heterocycles. The Morgan fingerprint density at radius 2 is 1.97 bits per heavy atom. The minimum Gasteiger partial charge on any atom is -0.386 e. The van der Waals surface area contributed by atoms with Gasteiger partial charge in [-0.3, -0.25) is 14.8 Å². The van der Waals surface area contributed by atoms with Gasteiger partial charge in [-0.1, -0.05) is 17.7 Å². The molecule has 2 atom stereocenters. The number of aliphatic imine (C=N–C) groups is 1. The van der Waals surface area contributed by atoms with Gasteiger partial charge in [0.25, 0.3) is 5.91 Å². The standard InChI is InChI=1S/C21H17ClFN5O3S/c22-12-4-7-17(26-10-12)21(29)27-13-5-6-15(23)14(9-13)18-11-32(30,31)19(20(24)28-18)16-3-1-2-8-25-16/h1-10,18-19H,11H2,(H2,24,28)(H,27,29). The molecule has 11 heteroatoms. The van der Waals surface area contributed by atoms with Crippen LogP contribution >= 0.6 is 11.6 Å². The molecule has 0 aliphatic carbocycles. The number of hydrogen-bond donors (Lipinski definition) is 2. The van der Waals surface area contributed by atoms with Crippen molar-refractivity contribution in [3.8, 4) is 0 Å². The van der Waals surface area contributed by atoms with E-state index >= 15 is 0 Å². The third-order valence-corrected chi connectivity index (χ3v) is 7.06. The molecule has 1 aliphatic rings. The van der Waals surface area contributed by atoms with Crippen molar-refractivity contribution in [1.82, 2.24) is 9.97 Å². The quantitative estimate of drug-likeness (QED) is 0.599. The number of nitrogens with two attached hydrogens (primary N) is 1. The Balaban J connectivity index is 1.63. The zero-order chi connectivity index (χ0) is 22.9. The summed E-state index contributed by atoms with van der Waals surface area (Å²) in [4.78, 5) is 24.6. The van der Waals surface area contributed by atoms with Crippen LogP contribution in [0, 0.1) is 5.82 Å². The number of halogens is 2. The van der Waals surface area contributed by atoms with Gasteiger partial charge in [0.05, 0.1) is 22.5 Å². The number of carbonyl (C=O) groups excluding carboxylic acids is 1. The number of carbonyl (C=O) groups is 1. The van der Waals surface area contributed by atoms with Gasteiger partial charge >= 0.3 is 0 Å². The van der Waals surface area contributed by atoms with Crippen molar-refractivity contribution in [1.29, 1.82) is 0 Å². The molecule has 3 N–H and O–H groups in total. The molecule has 2 aromatic heterocycles. The van der Waals surface area contributed by atoms with Crippen LogP contribution in [-0.2, 0) is 9.84 Å². The maximum absolute atomic E-state index is 14.6. The molecule has 0 fully saturated rings. The van der Waals surface area contributed by atoms with Crippen LogP contribution in [0.25, 0.3) is 0 Å². The third-order valence-electron chi connectivity index (χ3n) is 4.85. The van der Waals surface area contributed by atoms with Crippen LogP contribution in [-0.4, -0.2) is 35.9 Å². The predicted octanol–water partition coefficient (Wildman–Crippen LogP) is 3.09. The number of anilines is 1. The van der Waals surface area contributed by atoms with Gasteiger partial charge in [-0.25, -0.2) is 17.8 Å². The summed E-state index contributed by atoms with van der Waals surface area (Å²) in [5.41, 5.74) is 6.61. The van der Waals surface area contributed by atoms with Crippen molar-refractivity contribution in [2.45, 2.75) is 11.3 Å². The summed E-state index contributed by atoms with van der Waals surface area (Å²) < 4.78 is 40.5. The molecule has 1 aromatic carbocycles. The monoisotopic (exact) mass is 473 g/mol. The fourth-order valence-corrected chi connectivity index (χ4v) is 5.33. The number of benzene rings is 1. The predicted molar refractivity (Wildman–Crippen MR) is 119 cm³/mol. The second-order valence-corrected chi connectivity index (χ2v) is 9.65. The number of hydrogen-bond acceptors (Lipinski definition) is 7. The number of nitrogens with zero attached hydrogens (tertiary/aromatic N) is 3. The number of nitrogens with one attached hydrogen (secondary N) is 1. The lowest BCUT2D eigenvalue weighted by atomic mass is 10.1. The first-order valence-corrected chi connectivity index (χ1v) is 11.5. The van der Waals surface area contributed by atoms with Gasteiger partial charge in [-0.05, 0) is 42.5 Å². The first-order valence-electron chi connectivity index (χ1n) is 9.42. The van der Waals surface area contributed by atoms with Gasteiger partial charge in [0.1, 0.15) is 17.3 Å². The van der Waals surface area contributed by atoms with Gasteiger partial charge in [-0.2, -0.15) is 0 Å². The summed E-state index contributed by atoms with van der Waals surface area (Å²) in [6, 6.07) is 10.6. The van der Waals surface area contributed by atoms with Crippen LogP contribution in [0.5, 0.6) is 0 Å². The van der Waals surface area contributed by atoms with Crippen LogP contribution in [0.15, 0.2) is 65.9 Å². The van der Waals surface area contributed by atoms with Crippen molar-refractivity contribution >= 4 is 38.9 Å². The van der Waals surface area contributed by atoms with E-state index in [9.17, 15) is 17.6 Å². The van der Waals surface area contributed by atoms with Crippen LogP contribution in [0.2, 0.25) is 5.02 Å². The van der Waals surface area contributed by atoms with Crippen LogP contribution in [0.3, 0.4) is 0 Å². The van der Waals surface area contributed by atoms with E-state index in [4.69, 9.17) is 17.3 Å². The van der Waals surface area contributed by atoms with Gasteiger partial charge in [0, 0.05) is 23.6 Å².